The van der Waals surface area contributed by atoms with Crippen molar-refractivity contribution in [2.24, 2.45) is 0 Å². The van der Waals surface area contributed by atoms with Crippen molar-refractivity contribution >= 4 is 12.0 Å². The lowest BCUT2D eigenvalue weighted by Gasteiger charge is -2.28. The zero-order valence-corrected chi connectivity index (χ0v) is 12.7. The highest BCUT2D eigenvalue weighted by atomic mass is 16.6. The number of fused-ring (bicyclic) bond motifs is 1. The highest BCUT2D eigenvalue weighted by Gasteiger charge is 2.27. The van der Waals surface area contributed by atoms with Gasteiger partial charge in [-0.2, -0.15) is 5.10 Å². The van der Waals surface area contributed by atoms with Crippen molar-refractivity contribution in [2.75, 3.05) is 19.6 Å². The number of carbonyl (C=O) groups is 2. The second-order valence-corrected chi connectivity index (χ2v) is 5.62. The smallest absolute Gasteiger partial charge is 0.407 e. The summed E-state index contributed by atoms with van der Waals surface area (Å²) in [5, 5.41) is 10.0. The number of nitrogens with one attached hydrogen (secondary N) is 2. The van der Waals surface area contributed by atoms with Crippen LogP contribution in [0, 0.1) is 0 Å². The van der Waals surface area contributed by atoms with E-state index in [0.717, 1.165) is 37.6 Å². The molecule has 2 amide bonds. The van der Waals surface area contributed by atoms with Crippen LogP contribution in [-0.2, 0) is 29.2 Å². The van der Waals surface area contributed by atoms with Crippen molar-refractivity contribution < 1.29 is 14.3 Å². The van der Waals surface area contributed by atoms with Crippen LogP contribution in [0.3, 0.4) is 0 Å². The van der Waals surface area contributed by atoms with Crippen molar-refractivity contribution in [3.8, 4) is 0 Å². The van der Waals surface area contributed by atoms with Crippen molar-refractivity contribution in [1.82, 2.24) is 25.3 Å². The molecule has 1 fully saturated rings. The molecule has 2 aliphatic rings. The van der Waals surface area contributed by atoms with Gasteiger partial charge in [-0.05, 0) is 6.07 Å². The highest BCUT2D eigenvalue weighted by Crippen LogP contribution is 2.15. The maximum absolute atomic E-state index is 11.3. The van der Waals surface area contributed by atoms with E-state index in [1.54, 1.807) is 0 Å². The first-order chi connectivity index (χ1) is 10.6. The molecule has 0 radical (unpaired) electrons. The van der Waals surface area contributed by atoms with E-state index >= 15 is 0 Å². The summed E-state index contributed by atoms with van der Waals surface area (Å²) >= 11 is 0. The Labute approximate surface area is 128 Å². The van der Waals surface area contributed by atoms with Gasteiger partial charge in [0.05, 0.1) is 31.0 Å². The highest BCUT2D eigenvalue weighted by molar-refractivity contribution is 5.75. The predicted molar refractivity (Wildman–Crippen MR) is 77.9 cm³/mol. The van der Waals surface area contributed by atoms with E-state index in [-0.39, 0.29) is 18.1 Å². The quantitative estimate of drug-likeness (QED) is 0.789. The number of hydrogen-bond acceptors (Lipinski definition) is 5. The lowest BCUT2D eigenvalue weighted by Crippen LogP contribution is -2.39. The minimum Gasteiger partial charge on any atom is -0.443 e. The molecule has 1 saturated heterocycles. The molecule has 8 nitrogen and oxygen atoms in total. The van der Waals surface area contributed by atoms with E-state index in [9.17, 15) is 9.59 Å². The van der Waals surface area contributed by atoms with Crippen LogP contribution < -0.4 is 10.6 Å². The summed E-state index contributed by atoms with van der Waals surface area (Å²) in [6.45, 7) is 6.07. The first kappa shape index (κ1) is 14.8. The van der Waals surface area contributed by atoms with Crippen LogP contribution in [0.4, 0.5) is 4.79 Å². The molecule has 2 aliphatic heterocycles. The van der Waals surface area contributed by atoms with Gasteiger partial charge in [-0.15, -0.1) is 0 Å². The summed E-state index contributed by atoms with van der Waals surface area (Å²) in [5.41, 5.74) is 2.01. The molecule has 0 bridgehead atoms. The third-order valence-electron chi connectivity index (χ3n) is 3.92. The van der Waals surface area contributed by atoms with Gasteiger partial charge < -0.3 is 15.4 Å². The number of aromatic nitrogens is 2. The zero-order chi connectivity index (χ0) is 15.5. The molecule has 8 heteroatoms. The lowest BCUT2D eigenvalue weighted by molar-refractivity contribution is -0.120. The van der Waals surface area contributed by atoms with Gasteiger partial charge in [0, 0.05) is 26.1 Å². The van der Waals surface area contributed by atoms with Gasteiger partial charge in [0.15, 0.2) is 0 Å². The first-order valence-electron chi connectivity index (χ1n) is 7.63. The van der Waals surface area contributed by atoms with Crippen LogP contribution in [0.1, 0.15) is 24.7 Å². The molecule has 120 valence electrons. The number of cyclic esters (lactones) is 1. The van der Waals surface area contributed by atoms with E-state index in [2.05, 4.69) is 20.6 Å². The summed E-state index contributed by atoms with van der Waals surface area (Å²) in [6, 6.07) is 2.03. The number of nitrogens with zero attached hydrogens (tertiary/aromatic N) is 3. The van der Waals surface area contributed by atoms with Crippen LogP contribution in [0.15, 0.2) is 6.07 Å². The third-order valence-corrected chi connectivity index (χ3v) is 3.92. The SMILES string of the molecule is CCC(=O)NCc1cc2n(n1)CCN(CC1CNC(=O)O1)C2. The lowest BCUT2D eigenvalue weighted by atomic mass is 10.2. The Morgan fingerprint density at radius 3 is 3.14 bits per heavy atom. The summed E-state index contributed by atoms with van der Waals surface area (Å²) in [4.78, 5) is 24.6. The average molecular weight is 307 g/mol. The number of carbonyl (C=O) groups excluding carboxylic acids is 2. The standard InChI is InChI=1S/C14H21N5O3/c1-2-13(20)15-6-10-5-11-8-18(3-4-19(11)17-10)9-12-7-16-14(21)22-12/h5,12H,2-4,6-9H2,1H3,(H,15,20)(H,16,21). The molecular weight excluding hydrogens is 286 g/mol. The Morgan fingerprint density at radius 1 is 1.55 bits per heavy atom. The maximum atomic E-state index is 11.3. The molecule has 0 aromatic carbocycles. The fourth-order valence-electron chi connectivity index (χ4n) is 2.76. The minimum absolute atomic E-state index is 0.0307. The molecule has 2 N–H and O–H groups in total. The summed E-state index contributed by atoms with van der Waals surface area (Å²) in [7, 11) is 0. The summed E-state index contributed by atoms with van der Waals surface area (Å²) in [5.74, 6) is 0.0307. The van der Waals surface area contributed by atoms with Crippen LogP contribution in [-0.4, -0.2) is 52.4 Å². The second kappa shape index (κ2) is 6.35. The maximum Gasteiger partial charge on any atom is 0.407 e. The molecule has 1 aromatic rings. The van der Waals surface area contributed by atoms with E-state index in [4.69, 9.17) is 4.74 Å². The number of rotatable bonds is 5. The predicted octanol–water partition coefficient (Wildman–Crippen LogP) is -0.167. The van der Waals surface area contributed by atoms with E-state index < -0.39 is 0 Å². The van der Waals surface area contributed by atoms with Gasteiger partial charge in [-0.25, -0.2) is 4.79 Å². The minimum atomic E-state index is -0.332. The van der Waals surface area contributed by atoms with Gasteiger partial charge in [0.25, 0.3) is 0 Å². The molecule has 0 aliphatic carbocycles. The Bertz CT molecular complexity index is 571. The molecule has 1 atom stereocenters. The summed E-state index contributed by atoms with van der Waals surface area (Å²) < 4.78 is 7.16. The van der Waals surface area contributed by atoms with Crippen molar-refractivity contribution in [1.29, 1.82) is 0 Å². The van der Waals surface area contributed by atoms with Gasteiger partial charge in [0.2, 0.25) is 5.91 Å². The number of hydrogen-bond donors (Lipinski definition) is 2. The molecule has 22 heavy (non-hydrogen) atoms. The Kier molecular flexibility index (Phi) is 4.28. The fourth-order valence-corrected chi connectivity index (χ4v) is 2.76. The topological polar surface area (TPSA) is 88.5 Å². The van der Waals surface area contributed by atoms with Crippen LogP contribution in [0.5, 0.6) is 0 Å². The van der Waals surface area contributed by atoms with Gasteiger partial charge in [0.1, 0.15) is 6.10 Å². The zero-order valence-electron chi connectivity index (χ0n) is 12.7. The molecule has 0 spiro atoms. The largest absolute Gasteiger partial charge is 0.443 e. The molecule has 1 unspecified atom stereocenters. The van der Waals surface area contributed by atoms with Crippen LogP contribution >= 0.6 is 0 Å². The van der Waals surface area contributed by atoms with E-state index in [0.29, 0.717) is 19.5 Å². The average Bonchev–Trinajstić information content (AvgIpc) is 3.10. The Balaban J connectivity index is 1.55. The Hall–Kier alpha value is -2.09. The number of ether oxygens (including phenoxy) is 1. The van der Waals surface area contributed by atoms with Gasteiger partial charge >= 0.3 is 6.09 Å². The Morgan fingerprint density at radius 2 is 2.41 bits per heavy atom. The van der Waals surface area contributed by atoms with Crippen molar-refractivity contribution in [3.05, 3.63) is 17.5 Å². The fraction of sp³-hybridized carbons (Fsp3) is 0.643. The number of amides is 2. The summed E-state index contributed by atoms with van der Waals surface area (Å²) in [6.07, 6.45) is 0.0708. The van der Waals surface area contributed by atoms with Crippen molar-refractivity contribution in [2.45, 2.75) is 39.1 Å². The normalized spacial score (nSPS) is 21.1. The first-order valence-corrected chi connectivity index (χ1v) is 7.63. The monoisotopic (exact) mass is 307 g/mol. The van der Waals surface area contributed by atoms with E-state index in [1.807, 2.05) is 17.7 Å². The van der Waals surface area contributed by atoms with Crippen molar-refractivity contribution in [3.63, 3.8) is 0 Å². The number of alkyl carbamates (subject to hydrolysis) is 1. The van der Waals surface area contributed by atoms with Crippen LogP contribution in [0.25, 0.3) is 0 Å². The molecular formula is C14H21N5O3. The molecule has 0 saturated carbocycles. The third kappa shape index (κ3) is 3.38. The van der Waals surface area contributed by atoms with E-state index in [1.165, 1.54) is 0 Å². The molecule has 3 heterocycles. The second-order valence-electron chi connectivity index (χ2n) is 5.62. The van der Waals surface area contributed by atoms with Gasteiger partial charge in [-0.1, -0.05) is 6.92 Å². The van der Waals surface area contributed by atoms with Crippen LogP contribution in [0.2, 0.25) is 0 Å². The molecule has 3 rings (SSSR count). The van der Waals surface area contributed by atoms with Gasteiger partial charge in [-0.3, -0.25) is 14.4 Å². The molecule has 1 aromatic heterocycles.